The molecule has 1 N–H and O–H groups in total. The van der Waals surface area contributed by atoms with E-state index in [1.165, 1.54) is 35.9 Å². The number of benzene rings is 3. The number of thioether (sulfide) groups is 1. The van der Waals surface area contributed by atoms with Crippen LogP contribution in [0.1, 0.15) is 27.7 Å². The summed E-state index contributed by atoms with van der Waals surface area (Å²) >= 11 is 2.53. The third kappa shape index (κ3) is 4.74. The van der Waals surface area contributed by atoms with Crippen molar-refractivity contribution in [1.29, 1.82) is 0 Å². The first-order chi connectivity index (χ1) is 19.4. The Morgan fingerprint density at radius 2 is 1.85 bits per heavy atom. The minimum absolute atomic E-state index is 0.00344. The number of hydrogen-bond acceptors (Lipinski definition) is 9. The van der Waals surface area contributed by atoms with Gasteiger partial charge in [0.15, 0.2) is 15.9 Å². The molecule has 8 nitrogen and oxygen atoms in total. The molecule has 0 aliphatic carbocycles. The second-order valence-corrected chi connectivity index (χ2v) is 11.0. The average Bonchev–Trinajstić information content (AvgIpc) is 3.69. The Labute approximate surface area is 235 Å². The van der Waals surface area contributed by atoms with Gasteiger partial charge in [0.05, 0.1) is 18.7 Å². The Kier molecular flexibility index (Phi) is 6.82. The molecule has 1 amide bonds. The molecule has 0 saturated heterocycles. The van der Waals surface area contributed by atoms with E-state index in [9.17, 15) is 19.1 Å². The van der Waals surface area contributed by atoms with Gasteiger partial charge in [-0.2, -0.15) is 0 Å². The largest absolute Gasteiger partial charge is 0.503 e. The van der Waals surface area contributed by atoms with Crippen LogP contribution in [-0.4, -0.2) is 34.1 Å². The first kappa shape index (κ1) is 25.8. The second kappa shape index (κ2) is 10.6. The smallest absolute Gasteiger partial charge is 0.296 e. The number of furan rings is 1. The summed E-state index contributed by atoms with van der Waals surface area (Å²) in [4.78, 5) is 28.5. The maximum atomic E-state index is 13.8. The minimum atomic E-state index is -0.984. The van der Waals surface area contributed by atoms with Crippen LogP contribution in [0.25, 0.3) is 11.0 Å². The number of aliphatic hydroxyl groups excluding tert-OH is 1. The van der Waals surface area contributed by atoms with Crippen LogP contribution in [0.3, 0.4) is 0 Å². The fraction of sp³-hybridized carbons (Fsp3) is 0.103. The maximum absolute atomic E-state index is 13.8. The van der Waals surface area contributed by atoms with Crippen molar-refractivity contribution in [2.75, 3.05) is 12.0 Å². The van der Waals surface area contributed by atoms with Crippen molar-refractivity contribution in [1.82, 2.24) is 10.2 Å². The van der Waals surface area contributed by atoms with Crippen LogP contribution in [0.15, 0.2) is 99.0 Å². The molecule has 1 aliphatic heterocycles. The fourth-order valence-electron chi connectivity index (χ4n) is 4.45. The summed E-state index contributed by atoms with van der Waals surface area (Å²) in [6.45, 7) is 0. The lowest BCUT2D eigenvalue weighted by Gasteiger charge is -2.24. The van der Waals surface area contributed by atoms with Crippen molar-refractivity contribution in [2.45, 2.75) is 16.1 Å². The molecule has 40 heavy (non-hydrogen) atoms. The van der Waals surface area contributed by atoms with Crippen LogP contribution < -0.4 is 9.64 Å². The summed E-state index contributed by atoms with van der Waals surface area (Å²) in [5.41, 5.74) is 1.85. The number of anilines is 1. The number of fused-ring (bicyclic) bond motifs is 1. The molecule has 0 bridgehead atoms. The molecule has 2 aromatic heterocycles. The molecule has 0 unspecified atom stereocenters. The van der Waals surface area contributed by atoms with Gasteiger partial charge in [-0.1, -0.05) is 65.6 Å². The average molecular weight is 574 g/mol. The Morgan fingerprint density at radius 3 is 2.58 bits per heavy atom. The van der Waals surface area contributed by atoms with E-state index in [0.29, 0.717) is 27.0 Å². The summed E-state index contributed by atoms with van der Waals surface area (Å²) in [6.07, 6.45) is 0. The number of ketones is 1. The van der Waals surface area contributed by atoms with Crippen LogP contribution in [0.4, 0.5) is 9.52 Å². The Bertz CT molecular complexity index is 1730. The third-order valence-corrected chi connectivity index (χ3v) is 8.54. The number of methoxy groups -OCH3 is 1. The van der Waals surface area contributed by atoms with E-state index in [-0.39, 0.29) is 22.3 Å². The number of rotatable bonds is 8. The zero-order chi connectivity index (χ0) is 27.8. The van der Waals surface area contributed by atoms with Gasteiger partial charge in [0.2, 0.25) is 10.9 Å². The first-order valence-corrected chi connectivity index (χ1v) is 13.9. The zero-order valence-corrected chi connectivity index (χ0v) is 22.5. The Balaban J connectivity index is 1.36. The molecule has 0 spiro atoms. The van der Waals surface area contributed by atoms with Gasteiger partial charge in [-0.15, -0.1) is 10.2 Å². The molecule has 1 aliphatic rings. The standard InChI is InChI=1S/C29H20FN3O5S2/c1-37-20-12-8-17(9-13-20)24-23(25(34)22-14-18-4-2-3-5-21(18)38-22)26(35)27(36)33(24)28-31-32-29(40-28)39-15-16-6-10-19(30)11-7-16/h2-14,24,35H,15H2,1H3/t24-/m0/s1. The van der Waals surface area contributed by atoms with Gasteiger partial charge in [0.1, 0.15) is 17.1 Å². The summed E-state index contributed by atoms with van der Waals surface area (Å²) in [5, 5.41) is 20.4. The first-order valence-electron chi connectivity index (χ1n) is 12.1. The van der Waals surface area contributed by atoms with Crippen molar-refractivity contribution in [3.63, 3.8) is 0 Å². The summed E-state index contributed by atoms with van der Waals surface area (Å²) in [5.74, 6) is -1.26. The summed E-state index contributed by atoms with van der Waals surface area (Å²) < 4.78 is 24.8. The van der Waals surface area contributed by atoms with Gasteiger partial charge in [0.25, 0.3) is 5.91 Å². The van der Waals surface area contributed by atoms with E-state index in [2.05, 4.69) is 10.2 Å². The fourth-order valence-corrected chi connectivity index (χ4v) is 6.27. The molecule has 0 radical (unpaired) electrons. The second-order valence-electron chi connectivity index (χ2n) is 8.86. The molecule has 0 fully saturated rings. The number of aromatic nitrogens is 2. The van der Waals surface area contributed by atoms with Gasteiger partial charge in [-0.05, 0) is 47.5 Å². The molecule has 0 saturated carbocycles. The Hall–Kier alpha value is -4.48. The molecule has 6 rings (SSSR count). The topological polar surface area (TPSA) is 106 Å². The van der Waals surface area contributed by atoms with E-state index in [4.69, 9.17) is 9.15 Å². The lowest BCUT2D eigenvalue weighted by molar-refractivity contribution is -0.117. The van der Waals surface area contributed by atoms with E-state index in [1.54, 1.807) is 54.6 Å². The van der Waals surface area contributed by atoms with E-state index >= 15 is 0 Å². The normalized spacial score (nSPS) is 15.3. The molecule has 3 aromatic carbocycles. The number of nitrogens with zero attached hydrogens (tertiary/aromatic N) is 3. The van der Waals surface area contributed by atoms with Crippen LogP contribution in [0.2, 0.25) is 0 Å². The highest BCUT2D eigenvalue weighted by atomic mass is 32.2. The number of amides is 1. The van der Waals surface area contributed by atoms with Crippen molar-refractivity contribution >= 4 is 50.9 Å². The summed E-state index contributed by atoms with van der Waals surface area (Å²) in [7, 11) is 1.54. The molecule has 11 heteroatoms. The van der Waals surface area contributed by atoms with E-state index in [0.717, 1.165) is 22.3 Å². The van der Waals surface area contributed by atoms with Gasteiger partial charge < -0.3 is 14.3 Å². The maximum Gasteiger partial charge on any atom is 0.296 e. The molecule has 3 heterocycles. The molecule has 5 aromatic rings. The number of ether oxygens (including phenoxy) is 1. The summed E-state index contributed by atoms with van der Waals surface area (Å²) in [6, 6.07) is 20.8. The number of para-hydroxylation sites is 1. The van der Waals surface area contributed by atoms with Crippen molar-refractivity contribution in [3.8, 4) is 5.75 Å². The predicted octanol–water partition coefficient (Wildman–Crippen LogP) is 6.51. The molecule has 200 valence electrons. The van der Waals surface area contributed by atoms with E-state index < -0.39 is 23.5 Å². The highest BCUT2D eigenvalue weighted by Crippen LogP contribution is 2.44. The van der Waals surface area contributed by atoms with Crippen molar-refractivity contribution in [3.05, 3.63) is 113 Å². The van der Waals surface area contributed by atoms with Crippen molar-refractivity contribution < 1.29 is 28.2 Å². The monoisotopic (exact) mass is 573 g/mol. The number of Topliss-reactive ketones (excluding diaryl/α,β-unsaturated/α-hetero) is 1. The number of carbonyl (C=O) groups excluding carboxylic acids is 2. The van der Waals surface area contributed by atoms with Gasteiger partial charge >= 0.3 is 0 Å². The molecular weight excluding hydrogens is 553 g/mol. The number of carbonyl (C=O) groups is 2. The van der Waals surface area contributed by atoms with Gasteiger partial charge in [0, 0.05) is 11.1 Å². The lowest BCUT2D eigenvalue weighted by Crippen LogP contribution is -2.31. The van der Waals surface area contributed by atoms with Crippen molar-refractivity contribution in [2.24, 2.45) is 0 Å². The predicted molar refractivity (Wildman–Crippen MR) is 149 cm³/mol. The van der Waals surface area contributed by atoms with Gasteiger partial charge in [-0.3, -0.25) is 14.5 Å². The zero-order valence-electron chi connectivity index (χ0n) is 20.9. The number of halogens is 1. The van der Waals surface area contributed by atoms with Gasteiger partial charge in [-0.25, -0.2) is 4.39 Å². The van der Waals surface area contributed by atoms with Crippen LogP contribution in [0, 0.1) is 5.82 Å². The highest BCUT2D eigenvalue weighted by Gasteiger charge is 2.46. The molecule has 1 atom stereocenters. The number of hydrogen-bond donors (Lipinski definition) is 1. The Morgan fingerprint density at radius 1 is 1.10 bits per heavy atom. The SMILES string of the molecule is COc1ccc([C@H]2C(C(=O)c3cc4ccccc4o3)=C(O)C(=O)N2c2nnc(SCc3ccc(F)cc3)s2)cc1. The third-order valence-electron chi connectivity index (χ3n) is 6.41. The number of aliphatic hydroxyl groups is 1. The highest BCUT2D eigenvalue weighted by molar-refractivity contribution is 8.00. The van der Waals surface area contributed by atoms with E-state index in [1.807, 2.05) is 12.1 Å². The van der Waals surface area contributed by atoms with Crippen LogP contribution in [-0.2, 0) is 10.5 Å². The molecular formula is C29H20FN3O5S2. The van der Waals surface area contributed by atoms with Crippen LogP contribution >= 0.6 is 23.1 Å². The lowest BCUT2D eigenvalue weighted by atomic mass is 9.95. The minimum Gasteiger partial charge on any atom is -0.503 e. The van der Waals surface area contributed by atoms with Crippen LogP contribution in [0.5, 0.6) is 5.75 Å². The quantitative estimate of drug-likeness (QED) is 0.127.